The van der Waals surface area contributed by atoms with Crippen LogP contribution in [-0.4, -0.2) is 47.6 Å². The molecule has 2 aromatic heterocycles. The van der Waals surface area contributed by atoms with Crippen LogP contribution in [-0.2, 0) is 0 Å². The fourth-order valence-electron chi connectivity index (χ4n) is 4.80. The summed E-state index contributed by atoms with van der Waals surface area (Å²) >= 11 is 0. The standard InChI is InChI=1S/C28H30N4O3/c1-19-16-23(35-3)12-13-24(19)29-28(33)31-14-7-9-21(18-31)27-30-26(25-11-4-5-15-32(25)27)20-8-6-10-22(17-20)34-2/h4-6,8,10-13,15-17,21H,7,9,14,18H2,1-3H3,(H,29,33). The van der Waals surface area contributed by atoms with Crippen LogP contribution in [0.3, 0.4) is 0 Å². The minimum Gasteiger partial charge on any atom is -0.497 e. The van der Waals surface area contributed by atoms with Gasteiger partial charge in [-0.3, -0.25) is 0 Å². The minimum absolute atomic E-state index is 0.0863. The first-order valence-electron chi connectivity index (χ1n) is 11.9. The van der Waals surface area contributed by atoms with E-state index in [1.165, 1.54) is 0 Å². The zero-order valence-electron chi connectivity index (χ0n) is 20.3. The second-order valence-corrected chi connectivity index (χ2v) is 8.90. The Bertz CT molecular complexity index is 1360. The van der Waals surface area contributed by atoms with Crippen LogP contribution in [0.2, 0.25) is 0 Å². The van der Waals surface area contributed by atoms with E-state index in [9.17, 15) is 4.79 Å². The zero-order chi connectivity index (χ0) is 24.4. The van der Waals surface area contributed by atoms with Crippen LogP contribution in [0.15, 0.2) is 66.9 Å². The molecule has 1 aliphatic rings. The summed E-state index contributed by atoms with van der Waals surface area (Å²) in [5.41, 5.74) is 4.75. The molecule has 35 heavy (non-hydrogen) atoms. The number of rotatable bonds is 5. The van der Waals surface area contributed by atoms with E-state index in [2.05, 4.69) is 28.0 Å². The predicted molar refractivity (Wildman–Crippen MR) is 137 cm³/mol. The van der Waals surface area contributed by atoms with Gasteiger partial charge in [0.1, 0.15) is 17.3 Å². The highest BCUT2D eigenvalue weighted by molar-refractivity contribution is 5.90. The number of hydrogen-bond acceptors (Lipinski definition) is 4. The first-order chi connectivity index (χ1) is 17.1. The molecule has 1 unspecified atom stereocenters. The molecule has 180 valence electrons. The van der Waals surface area contributed by atoms with Crippen LogP contribution < -0.4 is 14.8 Å². The number of hydrogen-bond donors (Lipinski definition) is 1. The Morgan fingerprint density at radius 2 is 1.86 bits per heavy atom. The number of nitrogens with zero attached hydrogens (tertiary/aromatic N) is 3. The van der Waals surface area contributed by atoms with Crippen molar-refractivity contribution in [3.8, 4) is 22.8 Å². The number of likely N-dealkylation sites (tertiary alicyclic amines) is 1. The van der Waals surface area contributed by atoms with Crippen LogP contribution in [0, 0.1) is 6.92 Å². The van der Waals surface area contributed by atoms with Crippen LogP contribution in [0.1, 0.15) is 30.1 Å². The van der Waals surface area contributed by atoms with Crippen molar-refractivity contribution in [2.45, 2.75) is 25.7 Å². The molecular weight excluding hydrogens is 440 g/mol. The van der Waals surface area contributed by atoms with Crippen LogP contribution in [0.25, 0.3) is 16.8 Å². The van der Waals surface area contributed by atoms with E-state index in [4.69, 9.17) is 14.5 Å². The Labute approximate surface area is 205 Å². The fraction of sp³-hybridized carbons (Fsp3) is 0.286. The summed E-state index contributed by atoms with van der Waals surface area (Å²) in [7, 11) is 3.31. The quantitative estimate of drug-likeness (QED) is 0.404. The number of ether oxygens (including phenoxy) is 2. The van der Waals surface area contributed by atoms with Crippen molar-refractivity contribution >= 4 is 17.2 Å². The number of nitrogens with one attached hydrogen (secondary N) is 1. The molecule has 1 aliphatic heterocycles. The monoisotopic (exact) mass is 470 g/mol. The Morgan fingerprint density at radius 1 is 1.03 bits per heavy atom. The lowest BCUT2D eigenvalue weighted by molar-refractivity contribution is 0.191. The summed E-state index contributed by atoms with van der Waals surface area (Å²) in [5.74, 6) is 2.70. The highest BCUT2D eigenvalue weighted by Crippen LogP contribution is 2.33. The van der Waals surface area contributed by atoms with Crippen molar-refractivity contribution in [1.29, 1.82) is 0 Å². The normalized spacial score (nSPS) is 15.7. The number of benzene rings is 2. The molecule has 4 aromatic rings. The van der Waals surface area contributed by atoms with Crippen molar-refractivity contribution in [2.24, 2.45) is 0 Å². The molecular formula is C28H30N4O3. The second kappa shape index (κ2) is 9.70. The number of aromatic nitrogens is 2. The predicted octanol–water partition coefficient (Wildman–Crippen LogP) is 5.74. The van der Waals surface area contributed by atoms with Gasteiger partial charge >= 0.3 is 6.03 Å². The van der Waals surface area contributed by atoms with Gasteiger partial charge in [-0.2, -0.15) is 0 Å². The van der Waals surface area contributed by atoms with Gasteiger partial charge in [-0.15, -0.1) is 0 Å². The van der Waals surface area contributed by atoms with Gasteiger partial charge in [0.15, 0.2) is 0 Å². The summed E-state index contributed by atoms with van der Waals surface area (Å²) in [6.45, 7) is 3.31. The third kappa shape index (κ3) is 4.54. The third-order valence-corrected chi connectivity index (χ3v) is 6.67. The molecule has 2 amide bonds. The highest BCUT2D eigenvalue weighted by Gasteiger charge is 2.29. The fourth-order valence-corrected chi connectivity index (χ4v) is 4.80. The summed E-state index contributed by atoms with van der Waals surface area (Å²) in [4.78, 5) is 20.2. The average molecular weight is 471 g/mol. The van der Waals surface area contributed by atoms with Gasteiger partial charge in [-0.05, 0) is 67.8 Å². The Kier molecular flexibility index (Phi) is 6.31. The molecule has 5 rings (SSSR count). The Hall–Kier alpha value is -4.00. The Morgan fingerprint density at radius 3 is 2.66 bits per heavy atom. The van der Waals surface area contributed by atoms with Crippen molar-refractivity contribution in [1.82, 2.24) is 14.3 Å². The number of fused-ring (bicyclic) bond motifs is 1. The summed E-state index contributed by atoms with van der Waals surface area (Å²) < 4.78 is 12.9. The third-order valence-electron chi connectivity index (χ3n) is 6.67. The van der Waals surface area contributed by atoms with Gasteiger partial charge in [-0.25, -0.2) is 9.78 Å². The number of amides is 2. The van der Waals surface area contributed by atoms with Gasteiger partial charge in [0, 0.05) is 36.5 Å². The summed E-state index contributed by atoms with van der Waals surface area (Å²) in [6.07, 6.45) is 3.97. The number of pyridine rings is 1. The molecule has 0 aliphatic carbocycles. The van der Waals surface area contributed by atoms with Crippen molar-refractivity contribution < 1.29 is 14.3 Å². The maximum atomic E-state index is 13.2. The molecule has 2 aromatic carbocycles. The number of urea groups is 1. The molecule has 1 N–H and O–H groups in total. The van der Waals surface area contributed by atoms with E-state index in [1.807, 2.05) is 60.4 Å². The number of imidazole rings is 1. The van der Waals surface area contributed by atoms with E-state index in [0.717, 1.165) is 64.7 Å². The van der Waals surface area contributed by atoms with Crippen molar-refractivity contribution in [3.05, 3.63) is 78.2 Å². The number of methoxy groups -OCH3 is 2. The number of anilines is 1. The van der Waals surface area contributed by atoms with Gasteiger partial charge in [0.2, 0.25) is 0 Å². The minimum atomic E-state index is -0.0863. The number of carbonyl (C=O) groups is 1. The molecule has 1 fully saturated rings. The van der Waals surface area contributed by atoms with E-state index in [1.54, 1.807) is 14.2 Å². The average Bonchev–Trinajstić information content (AvgIpc) is 3.29. The Balaban J connectivity index is 1.41. The van der Waals surface area contributed by atoms with E-state index in [0.29, 0.717) is 6.54 Å². The van der Waals surface area contributed by atoms with E-state index in [-0.39, 0.29) is 11.9 Å². The second-order valence-electron chi connectivity index (χ2n) is 8.90. The van der Waals surface area contributed by atoms with Crippen molar-refractivity contribution in [2.75, 3.05) is 32.6 Å². The topological polar surface area (TPSA) is 68.1 Å². The van der Waals surface area contributed by atoms with E-state index >= 15 is 0 Å². The molecule has 1 saturated heterocycles. The van der Waals surface area contributed by atoms with Crippen LogP contribution in [0.5, 0.6) is 11.5 Å². The molecule has 1 atom stereocenters. The molecule has 0 radical (unpaired) electrons. The maximum Gasteiger partial charge on any atom is 0.321 e. The molecule has 0 spiro atoms. The molecule has 7 heteroatoms. The maximum absolute atomic E-state index is 13.2. The summed E-state index contributed by atoms with van der Waals surface area (Å²) in [5, 5.41) is 3.07. The van der Waals surface area contributed by atoms with Crippen molar-refractivity contribution in [3.63, 3.8) is 0 Å². The molecule has 3 heterocycles. The number of piperidine rings is 1. The van der Waals surface area contributed by atoms with Gasteiger partial charge in [0.05, 0.1) is 25.4 Å². The SMILES string of the molecule is COc1cccc(-c2nc(C3CCCN(C(=O)Nc4ccc(OC)cc4C)C3)n3ccccc23)c1. The van der Waals surface area contributed by atoms with Gasteiger partial charge in [-0.1, -0.05) is 18.2 Å². The largest absolute Gasteiger partial charge is 0.497 e. The molecule has 7 nitrogen and oxygen atoms in total. The lowest BCUT2D eigenvalue weighted by atomic mass is 9.97. The first-order valence-corrected chi connectivity index (χ1v) is 11.9. The zero-order valence-corrected chi connectivity index (χ0v) is 20.3. The highest BCUT2D eigenvalue weighted by atomic mass is 16.5. The first kappa shape index (κ1) is 22.8. The van der Waals surface area contributed by atoms with Crippen LogP contribution >= 0.6 is 0 Å². The lowest BCUT2D eigenvalue weighted by Gasteiger charge is -2.32. The smallest absolute Gasteiger partial charge is 0.321 e. The van der Waals surface area contributed by atoms with Gasteiger partial charge < -0.3 is 24.1 Å². The lowest BCUT2D eigenvalue weighted by Crippen LogP contribution is -2.42. The summed E-state index contributed by atoms with van der Waals surface area (Å²) in [6, 6.07) is 19.7. The molecule has 0 bridgehead atoms. The van der Waals surface area contributed by atoms with Crippen LogP contribution in [0.4, 0.5) is 10.5 Å². The number of aryl methyl sites for hydroxylation is 1. The van der Waals surface area contributed by atoms with Gasteiger partial charge in [0.25, 0.3) is 0 Å². The molecule has 0 saturated carbocycles. The number of carbonyl (C=O) groups excluding carboxylic acids is 1. The van der Waals surface area contributed by atoms with E-state index < -0.39 is 0 Å².